The number of allylic oxidation sites excluding steroid dienone is 2. The first kappa shape index (κ1) is 16.5. The molecular weight excluding hydrogens is 241 g/mol. The molecule has 6 heteroatoms. The Kier molecular flexibility index (Phi) is 12.2. The lowest BCUT2D eigenvalue weighted by molar-refractivity contribution is 0.0151. The molecule has 1 aliphatic heterocycles. The van der Waals surface area contributed by atoms with Crippen molar-refractivity contribution in [3.63, 3.8) is 0 Å². The van der Waals surface area contributed by atoms with Crippen LogP contribution in [-0.2, 0) is 9.03 Å². The zero-order valence-electron chi connectivity index (χ0n) is 7.80. The van der Waals surface area contributed by atoms with Gasteiger partial charge in [0, 0.05) is 12.4 Å². The maximum atomic E-state index is 4.97. The summed E-state index contributed by atoms with van der Waals surface area (Å²) < 4.78 is 9.11. The summed E-state index contributed by atoms with van der Waals surface area (Å²) in [5.74, 6) is 0. The Hall–Kier alpha value is -0.940. The molecule has 0 fully saturated rings. The normalized spacial score (nSPS) is 16.2. The van der Waals surface area contributed by atoms with E-state index in [1.54, 1.807) is 18.2 Å². The van der Waals surface area contributed by atoms with Gasteiger partial charge >= 0.3 is 0 Å². The summed E-state index contributed by atoms with van der Waals surface area (Å²) in [6.07, 6.45) is 10.1. The lowest BCUT2D eigenvalue weighted by atomic mass is 10.4. The maximum Gasteiger partial charge on any atom is 0.237 e. The molecule has 2 heterocycles. The molecule has 1 unspecified atom stereocenters. The van der Waals surface area contributed by atoms with Crippen LogP contribution in [0.15, 0.2) is 49.0 Å². The van der Waals surface area contributed by atoms with E-state index in [0.29, 0.717) is 0 Å². The Bertz CT molecular complexity index is 245. The molecule has 0 aliphatic carbocycles. The van der Waals surface area contributed by atoms with Gasteiger partial charge in [0.1, 0.15) is 0 Å². The molecule has 0 radical (unpaired) electrons. The predicted molar refractivity (Wildman–Crippen MR) is 61.7 cm³/mol. The van der Waals surface area contributed by atoms with Crippen LogP contribution in [-0.4, -0.2) is 16.8 Å². The van der Waals surface area contributed by atoms with Crippen molar-refractivity contribution in [2.45, 2.75) is 6.29 Å². The Morgan fingerprint density at radius 2 is 1.87 bits per heavy atom. The van der Waals surface area contributed by atoms with E-state index in [9.17, 15) is 0 Å². The maximum absolute atomic E-state index is 4.97. The molecule has 0 saturated carbocycles. The van der Waals surface area contributed by atoms with Crippen LogP contribution >= 0.6 is 24.3 Å². The number of aromatic amines is 1. The molecule has 1 atom stereocenters. The molecule has 1 aromatic rings. The highest BCUT2D eigenvalue weighted by atomic mass is 35.5. The number of rotatable bonds is 1. The lowest BCUT2D eigenvalue weighted by Gasteiger charge is -2.08. The second kappa shape index (κ2) is 11.1. The molecule has 2 rings (SSSR count). The third-order valence-electron chi connectivity index (χ3n) is 1.25. The lowest BCUT2D eigenvalue weighted by Crippen LogP contribution is -2.06. The summed E-state index contributed by atoms with van der Waals surface area (Å²) in [5, 5.41) is 0. The molecule has 15 heavy (non-hydrogen) atoms. The first-order valence-electron chi connectivity index (χ1n) is 3.77. The van der Waals surface area contributed by atoms with Gasteiger partial charge in [-0.15, -0.1) is 12.4 Å². The third-order valence-corrected chi connectivity index (χ3v) is 1.43. The van der Waals surface area contributed by atoms with E-state index in [1.807, 2.05) is 24.5 Å². The van der Waals surface area contributed by atoms with Gasteiger partial charge in [-0.2, -0.15) is 0 Å². The fourth-order valence-electron chi connectivity index (χ4n) is 0.697. The van der Waals surface area contributed by atoms with E-state index in [0.717, 1.165) is 0 Å². The Balaban J connectivity index is 0. The first-order chi connectivity index (χ1) is 6.43. The summed E-state index contributed by atoms with van der Waals surface area (Å²) in [7, 11) is 0. The van der Waals surface area contributed by atoms with Crippen LogP contribution in [0.5, 0.6) is 0 Å². The molecular formula is C9H13Cl2NO3. The molecule has 0 aromatic carbocycles. The number of halogens is 2. The molecule has 1 aliphatic rings. The zero-order valence-corrected chi connectivity index (χ0v) is 9.37. The average Bonchev–Trinajstić information content (AvgIpc) is 2.77. The van der Waals surface area contributed by atoms with Gasteiger partial charge in [-0.05, 0) is 24.3 Å². The summed E-state index contributed by atoms with van der Waals surface area (Å²) in [6, 6.07) is 3.89. The molecule has 0 bridgehead atoms. The van der Waals surface area contributed by atoms with Gasteiger partial charge in [-0.3, -0.25) is 0 Å². The largest absolute Gasteiger partial charge is 0.467 e. The SMILES string of the molecule is Cl.ClOC1C=CC=CO1.O.c1cc[nH]c1. The second-order valence-corrected chi connectivity index (χ2v) is 2.37. The van der Waals surface area contributed by atoms with Crippen LogP contribution < -0.4 is 0 Å². The monoisotopic (exact) mass is 253 g/mol. The van der Waals surface area contributed by atoms with Crippen molar-refractivity contribution in [2.75, 3.05) is 0 Å². The number of ether oxygens (including phenoxy) is 1. The highest BCUT2D eigenvalue weighted by Gasteiger charge is 2.01. The number of H-pyrrole nitrogens is 1. The van der Waals surface area contributed by atoms with Crippen LogP contribution in [0.2, 0.25) is 0 Å². The fourth-order valence-corrected chi connectivity index (χ4v) is 0.798. The summed E-state index contributed by atoms with van der Waals surface area (Å²) in [6.45, 7) is 0. The van der Waals surface area contributed by atoms with E-state index in [2.05, 4.69) is 9.27 Å². The smallest absolute Gasteiger partial charge is 0.237 e. The first-order valence-corrected chi connectivity index (χ1v) is 4.08. The van der Waals surface area contributed by atoms with Crippen LogP contribution in [0.3, 0.4) is 0 Å². The van der Waals surface area contributed by atoms with Crippen molar-refractivity contribution in [3.8, 4) is 0 Å². The van der Waals surface area contributed by atoms with Crippen molar-refractivity contribution in [2.24, 2.45) is 0 Å². The predicted octanol–water partition coefficient (Wildman–Crippen LogP) is 2.19. The van der Waals surface area contributed by atoms with Gasteiger partial charge in [0.15, 0.2) is 0 Å². The van der Waals surface area contributed by atoms with E-state index < -0.39 is 6.29 Å². The standard InChI is InChI=1S/C5H5ClO2.C4H5N.ClH.H2O/c6-8-5-3-1-2-4-7-5;1-2-4-5-3-1;;/h1-5H;1-5H;1H;1H2. The fraction of sp³-hybridized carbons (Fsp3) is 0.111. The quantitative estimate of drug-likeness (QED) is 0.834. The Labute approximate surface area is 99.4 Å². The van der Waals surface area contributed by atoms with Crippen molar-refractivity contribution in [3.05, 3.63) is 49.0 Å². The zero-order chi connectivity index (χ0) is 9.36. The van der Waals surface area contributed by atoms with Gasteiger partial charge in [0.05, 0.1) is 18.1 Å². The van der Waals surface area contributed by atoms with Gasteiger partial charge in [0.25, 0.3) is 0 Å². The minimum absolute atomic E-state index is 0. The second-order valence-electron chi connectivity index (χ2n) is 2.19. The van der Waals surface area contributed by atoms with Crippen molar-refractivity contribution in [1.29, 1.82) is 0 Å². The minimum Gasteiger partial charge on any atom is -0.467 e. The summed E-state index contributed by atoms with van der Waals surface area (Å²) >= 11 is 4.97. The number of hydrogen-bond acceptors (Lipinski definition) is 2. The Morgan fingerprint density at radius 3 is 2.13 bits per heavy atom. The van der Waals surface area contributed by atoms with Crippen molar-refractivity contribution >= 4 is 24.3 Å². The number of hydrogen-bond donors (Lipinski definition) is 1. The molecule has 0 amide bonds. The van der Waals surface area contributed by atoms with Gasteiger partial charge < -0.3 is 15.2 Å². The third kappa shape index (κ3) is 8.08. The summed E-state index contributed by atoms with van der Waals surface area (Å²) in [5.41, 5.74) is 0. The van der Waals surface area contributed by atoms with E-state index >= 15 is 0 Å². The molecule has 0 spiro atoms. The minimum atomic E-state index is -0.415. The van der Waals surface area contributed by atoms with Crippen LogP contribution in [0, 0.1) is 0 Å². The Morgan fingerprint density at radius 1 is 1.20 bits per heavy atom. The van der Waals surface area contributed by atoms with Crippen LogP contribution in [0.25, 0.3) is 0 Å². The van der Waals surface area contributed by atoms with Crippen molar-refractivity contribution in [1.82, 2.24) is 4.98 Å². The molecule has 3 N–H and O–H groups in total. The highest BCUT2D eigenvalue weighted by Crippen LogP contribution is 2.04. The van der Waals surface area contributed by atoms with E-state index in [1.165, 1.54) is 6.26 Å². The van der Waals surface area contributed by atoms with Gasteiger partial charge in [-0.1, -0.05) is 6.08 Å². The topological polar surface area (TPSA) is 65.8 Å². The van der Waals surface area contributed by atoms with Gasteiger partial charge in [-0.25, -0.2) is 4.29 Å². The van der Waals surface area contributed by atoms with Gasteiger partial charge in [0.2, 0.25) is 6.29 Å². The van der Waals surface area contributed by atoms with E-state index in [4.69, 9.17) is 16.6 Å². The molecule has 0 saturated heterocycles. The molecule has 1 aromatic heterocycles. The summed E-state index contributed by atoms with van der Waals surface area (Å²) in [4.78, 5) is 2.86. The number of nitrogens with one attached hydrogen (secondary N) is 1. The molecule has 86 valence electrons. The van der Waals surface area contributed by atoms with E-state index in [-0.39, 0.29) is 17.9 Å². The molecule has 4 nitrogen and oxygen atoms in total. The van der Waals surface area contributed by atoms with Crippen molar-refractivity contribution < 1.29 is 14.5 Å². The number of aromatic nitrogens is 1. The average molecular weight is 254 g/mol. The van der Waals surface area contributed by atoms with Crippen LogP contribution in [0.1, 0.15) is 0 Å². The highest BCUT2D eigenvalue weighted by molar-refractivity contribution is 6.07. The van der Waals surface area contributed by atoms with Crippen LogP contribution in [0.4, 0.5) is 0 Å².